The number of imidazole rings is 1. The molecule has 1 saturated carbocycles. The van der Waals surface area contributed by atoms with E-state index in [9.17, 15) is 24.3 Å². The van der Waals surface area contributed by atoms with Crippen molar-refractivity contribution in [3.8, 4) is 6.07 Å². The SMILES string of the molecule is CC(C)C(=O)Nc1nc2c(ncn2[C@@H]2O[C@@H]3CO[Si](C(C)C)(C(C)C)O[Si](C(C)C)(C(C)C)O[C@H]3[C@H]2O[P@@](=O)(OCCC#N)OC[C@H]2C[C@@H](Nc3ncncn3)[C@H](F)[C@@H]2O[P+](=O)O)c(=O)[nH]1. The van der Waals surface area contributed by atoms with Crippen LogP contribution in [0.4, 0.5) is 16.3 Å². The molecule has 10 atom stereocenters. The first-order valence-electron chi connectivity index (χ1n) is 21.9. The summed E-state index contributed by atoms with van der Waals surface area (Å²) in [5, 5.41) is 14.9. The Hall–Kier alpha value is -3.55. The third-order valence-electron chi connectivity index (χ3n) is 12.0. The van der Waals surface area contributed by atoms with Crippen LogP contribution < -0.4 is 16.2 Å². The molecule has 1 aliphatic carbocycles. The van der Waals surface area contributed by atoms with E-state index in [2.05, 4.69) is 68.2 Å². The van der Waals surface area contributed by atoms with Crippen molar-refractivity contribution in [2.24, 2.45) is 11.8 Å². The van der Waals surface area contributed by atoms with Gasteiger partial charge in [0, 0.05) is 16.4 Å². The number of rotatable bonds is 19. The Kier molecular flexibility index (Phi) is 16.8. The molecule has 1 amide bonds. The van der Waals surface area contributed by atoms with Gasteiger partial charge in [0.1, 0.15) is 31.0 Å². The van der Waals surface area contributed by atoms with Crippen molar-refractivity contribution in [3.05, 3.63) is 29.3 Å². The van der Waals surface area contributed by atoms with Crippen LogP contribution in [0.1, 0.15) is 88.3 Å². The second-order valence-corrected chi connectivity index (χ2v) is 29.2. The third kappa shape index (κ3) is 11.0. The van der Waals surface area contributed by atoms with Crippen molar-refractivity contribution in [1.82, 2.24) is 34.5 Å². The maximum atomic E-state index is 16.0. The summed E-state index contributed by atoms with van der Waals surface area (Å²) in [4.78, 5) is 59.0. The number of alkyl halides is 1. The molecule has 66 heavy (non-hydrogen) atoms. The third-order valence-corrected chi connectivity index (χ3v) is 24.1. The molecule has 28 heteroatoms. The highest BCUT2D eigenvalue weighted by atomic mass is 31.2. The van der Waals surface area contributed by atoms with Gasteiger partial charge in [-0.1, -0.05) is 69.2 Å². The number of hydrogen-bond donors (Lipinski definition) is 4. The number of phosphoric ester groups is 1. The number of carbonyl (C=O) groups is 1. The first-order valence-corrected chi connectivity index (χ1v) is 28.4. The summed E-state index contributed by atoms with van der Waals surface area (Å²) in [5.74, 6) is -2.03. The fourth-order valence-corrected chi connectivity index (χ4v) is 21.7. The molecule has 0 bridgehead atoms. The monoisotopic (exact) mass is 1000 g/mol. The normalized spacial score (nSPS) is 27.5. The van der Waals surface area contributed by atoms with Crippen molar-refractivity contribution in [3.63, 3.8) is 0 Å². The van der Waals surface area contributed by atoms with E-state index in [1.165, 1.54) is 23.5 Å². The zero-order chi connectivity index (χ0) is 48.3. The molecule has 3 aromatic rings. The lowest BCUT2D eigenvalue weighted by Gasteiger charge is -2.51. The number of nitriles is 1. The van der Waals surface area contributed by atoms with Gasteiger partial charge in [-0.2, -0.15) is 10.2 Å². The summed E-state index contributed by atoms with van der Waals surface area (Å²) in [6, 6.07) is 0.885. The van der Waals surface area contributed by atoms with Crippen molar-refractivity contribution in [2.45, 2.75) is 147 Å². The van der Waals surface area contributed by atoms with E-state index >= 15 is 8.96 Å². The topological polar surface area (TPSA) is 295 Å². The Morgan fingerprint density at radius 1 is 1.06 bits per heavy atom. The zero-order valence-corrected chi connectivity index (χ0v) is 42.3. The molecular weight excluding hydrogens is 942 g/mol. The molecule has 1 unspecified atom stereocenters. The number of aromatic amines is 1. The number of fused-ring (bicyclic) bond motifs is 2. The highest BCUT2D eigenvalue weighted by Gasteiger charge is 2.63. The van der Waals surface area contributed by atoms with Crippen LogP contribution in [0.15, 0.2) is 23.8 Å². The van der Waals surface area contributed by atoms with E-state index in [0.717, 1.165) is 0 Å². The van der Waals surface area contributed by atoms with E-state index in [1.807, 2.05) is 33.8 Å². The number of carbonyl (C=O) groups excluding carboxylic acids is 1. The predicted molar refractivity (Wildman–Crippen MR) is 239 cm³/mol. The number of nitrogens with zero attached hydrogens (tertiary/aromatic N) is 7. The van der Waals surface area contributed by atoms with Gasteiger partial charge in [-0.3, -0.25) is 38.0 Å². The van der Waals surface area contributed by atoms with Gasteiger partial charge in [0.15, 0.2) is 29.7 Å². The molecule has 3 aromatic heterocycles. The number of phosphoric acid groups is 1. The van der Waals surface area contributed by atoms with Gasteiger partial charge < -0.3 is 23.0 Å². The average molecular weight is 1000 g/mol. The van der Waals surface area contributed by atoms with Crippen LogP contribution in [-0.2, 0) is 49.7 Å². The molecule has 4 N–H and O–H groups in total. The fraction of sp³-hybridized carbons (Fsp3) is 0.737. The molecule has 3 aliphatic rings. The van der Waals surface area contributed by atoms with Crippen molar-refractivity contribution >= 4 is 62.2 Å². The van der Waals surface area contributed by atoms with Gasteiger partial charge in [-0.05, 0) is 28.6 Å². The van der Waals surface area contributed by atoms with Crippen LogP contribution in [-0.4, -0.2) is 119 Å². The first-order chi connectivity index (χ1) is 31.1. The number of anilines is 2. The Balaban J connectivity index is 1.45. The molecule has 6 rings (SSSR count). The van der Waals surface area contributed by atoms with Gasteiger partial charge in [0.25, 0.3) is 5.56 Å². The summed E-state index contributed by atoms with van der Waals surface area (Å²) in [6.07, 6.45) is -4.92. The van der Waals surface area contributed by atoms with Crippen LogP contribution in [0.3, 0.4) is 0 Å². The Labute approximate surface area is 384 Å². The number of aromatic nitrogens is 7. The molecule has 0 spiro atoms. The molecule has 0 radical (unpaired) electrons. The van der Waals surface area contributed by atoms with Crippen LogP contribution in [0.5, 0.6) is 0 Å². The molecule has 2 aliphatic heterocycles. The largest absolute Gasteiger partial charge is 0.695 e. The second-order valence-electron chi connectivity index (χ2n) is 18.0. The first kappa shape index (κ1) is 51.8. The minimum absolute atomic E-state index is 0.0234. The van der Waals surface area contributed by atoms with Crippen molar-refractivity contribution < 1.29 is 59.0 Å². The van der Waals surface area contributed by atoms with Gasteiger partial charge in [-0.15, -0.1) is 9.42 Å². The van der Waals surface area contributed by atoms with Crippen molar-refractivity contribution in [2.75, 3.05) is 30.5 Å². The Morgan fingerprint density at radius 2 is 1.73 bits per heavy atom. The highest BCUT2D eigenvalue weighted by Crippen LogP contribution is 2.57. The molecule has 3 fully saturated rings. The molecule has 23 nitrogen and oxygen atoms in total. The maximum absolute atomic E-state index is 16.0. The van der Waals surface area contributed by atoms with E-state index in [0.29, 0.717) is 0 Å². The summed E-state index contributed by atoms with van der Waals surface area (Å²) in [6.45, 7) is 18.6. The molecule has 0 aromatic carbocycles. The maximum Gasteiger partial charge on any atom is 0.695 e. The lowest BCUT2D eigenvalue weighted by molar-refractivity contribution is -0.118. The van der Waals surface area contributed by atoms with E-state index in [-0.39, 0.29) is 64.7 Å². The minimum Gasteiger partial charge on any atom is -0.414 e. The number of H-pyrrole nitrogens is 1. The number of hydrogen-bond acceptors (Lipinski definition) is 19. The number of ether oxygens (including phenoxy) is 1. The summed E-state index contributed by atoms with van der Waals surface area (Å²) in [7, 11) is -14.8. The minimum atomic E-state index is -4.91. The zero-order valence-electron chi connectivity index (χ0n) is 38.5. The van der Waals surface area contributed by atoms with Crippen LogP contribution >= 0.6 is 16.1 Å². The number of nitrogens with one attached hydrogen (secondary N) is 3. The number of halogens is 1. The average Bonchev–Trinajstić information content (AvgIpc) is 3.89. The second kappa shape index (κ2) is 21.4. The van der Waals surface area contributed by atoms with E-state index in [1.54, 1.807) is 13.8 Å². The predicted octanol–water partition coefficient (Wildman–Crippen LogP) is 6.07. The van der Waals surface area contributed by atoms with E-state index < -0.39 is 113 Å². The van der Waals surface area contributed by atoms with Gasteiger partial charge in [0.2, 0.25) is 17.8 Å². The summed E-state index contributed by atoms with van der Waals surface area (Å²) in [5.41, 5.74) is -1.23. The Bertz CT molecular complexity index is 2310. The van der Waals surface area contributed by atoms with Crippen LogP contribution in [0, 0.1) is 23.2 Å². The standard InChI is InChI=1S/C38H59FN10O13P2Si2/c1-20(2)34(50)47-38-46-33-29(35(51)48-38)44-19-49(33)36-32(31-27(58-36)16-57-65(21(3)4,22(5)6)62-66(61-31,23(7)8)24(9)10)60-64(54,55-13-11-12-40)56-15-25-14-26(28(39)30(25)59-63(52)53)45-37-42-17-41-18-43-37/h17-28,30-32,36H,11,13-16H2,1-10H3,(H3-,41,42,43,45,46,47,48,50,51,52,53)/p+1/t25-,26-,27-,28+,30-,31-,32-,36-,64+/m1/s1. The van der Waals surface area contributed by atoms with Crippen molar-refractivity contribution in [1.29, 1.82) is 5.26 Å². The highest BCUT2D eigenvalue weighted by molar-refractivity contribution is 7.48. The molecule has 5 heterocycles. The fourth-order valence-electron chi connectivity index (χ4n) is 8.64. The summed E-state index contributed by atoms with van der Waals surface area (Å²) < 4.78 is 96.7. The quantitative estimate of drug-likeness (QED) is 0.0602. The van der Waals surface area contributed by atoms with Gasteiger partial charge in [0.05, 0.1) is 44.7 Å². The molecule has 2 saturated heterocycles. The number of amides is 1. The lowest BCUT2D eigenvalue weighted by atomic mass is 10.1. The van der Waals surface area contributed by atoms with Crippen LogP contribution in [0.2, 0.25) is 22.2 Å². The van der Waals surface area contributed by atoms with E-state index in [4.69, 9.17) is 35.8 Å². The molecule has 364 valence electrons. The molecular formula is C38H60FN10O13P2Si2+. The lowest BCUT2D eigenvalue weighted by Crippen LogP contribution is -2.65. The Morgan fingerprint density at radius 3 is 2.33 bits per heavy atom. The van der Waals surface area contributed by atoms with Gasteiger partial charge >= 0.3 is 33.2 Å². The summed E-state index contributed by atoms with van der Waals surface area (Å²) >= 11 is 0. The smallest absolute Gasteiger partial charge is 0.414 e. The van der Waals surface area contributed by atoms with Gasteiger partial charge in [-0.25, -0.2) is 28.9 Å². The van der Waals surface area contributed by atoms with Crippen LogP contribution in [0.25, 0.3) is 11.2 Å².